The molecule has 76 valence electrons. The Morgan fingerprint density at radius 2 is 2.43 bits per heavy atom. The molecule has 0 bridgehead atoms. The largest absolute Gasteiger partial charge is 0.488 e. The number of aryl methyl sites for hydroxylation is 1. The van der Waals surface area contributed by atoms with Crippen molar-refractivity contribution in [3.63, 3.8) is 0 Å². The summed E-state index contributed by atoms with van der Waals surface area (Å²) in [5.74, 6) is 0.485. The molecule has 1 aliphatic heterocycles. The summed E-state index contributed by atoms with van der Waals surface area (Å²) in [6.45, 7) is 3.31. The Kier molecular flexibility index (Phi) is 2.33. The van der Waals surface area contributed by atoms with Crippen LogP contribution in [0.2, 0.25) is 0 Å². The van der Waals surface area contributed by atoms with Gasteiger partial charge in [0, 0.05) is 11.4 Å². The smallest absolute Gasteiger partial charge is 0.350 e. The molecule has 0 aromatic carbocycles. The highest BCUT2D eigenvalue weighted by Gasteiger charge is 2.24. The zero-order chi connectivity index (χ0) is 10.1. The number of carbonyl (C=O) groups is 1. The Hall–Kier alpha value is -1.23. The van der Waals surface area contributed by atoms with E-state index in [0.29, 0.717) is 11.5 Å². The summed E-state index contributed by atoms with van der Waals surface area (Å²) in [7, 11) is 1.38. The van der Waals surface area contributed by atoms with Crippen LogP contribution in [-0.2, 0) is 4.74 Å². The van der Waals surface area contributed by atoms with Crippen molar-refractivity contribution in [2.45, 2.75) is 6.92 Å². The van der Waals surface area contributed by atoms with Gasteiger partial charge < -0.3 is 14.8 Å². The highest BCUT2D eigenvalue weighted by Crippen LogP contribution is 2.41. The number of thiophene rings is 1. The number of nitrogens with one attached hydrogen (secondary N) is 1. The third kappa shape index (κ3) is 1.33. The third-order valence-corrected chi connectivity index (χ3v) is 3.12. The van der Waals surface area contributed by atoms with Crippen molar-refractivity contribution in [1.29, 1.82) is 0 Å². The van der Waals surface area contributed by atoms with Crippen LogP contribution < -0.4 is 10.1 Å². The molecule has 14 heavy (non-hydrogen) atoms. The number of esters is 1. The van der Waals surface area contributed by atoms with E-state index < -0.39 is 0 Å². The molecule has 2 rings (SSSR count). The van der Waals surface area contributed by atoms with Gasteiger partial charge in [-0.05, 0) is 6.92 Å². The van der Waals surface area contributed by atoms with Crippen LogP contribution in [0.5, 0.6) is 5.75 Å². The second-order valence-corrected chi connectivity index (χ2v) is 4.18. The molecule has 0 atom stereocenters. The van der Waals surface area contributed by atoms with Gasteiger partial charge in [-0.25, -0.2) is 4.79 Å². The van der Waals surface area contributed by atoms with Crippen LogP contribution in [0.15, 0.2) is 0 Å². The standard InChI is InChI=1S/C9H11NO3S/c1-5-7-6(10-3-4-13-7)8(14-5)9(11)12-2/h10H,3-4H2,1-2H3. The van der Waals surface area contributed by atoms with Crippen LogP contribution in [0.4, 0.5) is 5.69 Å². The van der Waals surface area contributed by atoms with Crippen LogP contribution in [0.1, 0.15) is 14.5 Å². The summed E-state index contributed by atoms with van der Waals surface area (Å²) in [5, 5.41) is 3.15. The fraction of sp³-hybridized carbons (Fsp3) is 0.444. The van der Waals surface area contributed by atoms with Crippen molar-refractivity contribution in [3.05, 3.63) is 9.75 Å². The van der Waals surface area contributed by atoms with Gasteiger partial charge in [-0.15, -0.1) is 11.3 Å². The molecule has 5 heteroatoms. The third-order valence-electron chi connectivity index (χ3n) is 2.05. The minimum Gasteiger partial charge on any atom is -0.488 e. The topological polar surface area (TPSA) is 47.6 Å². The van der Waals surface area contributed by atoms with E-state index in [1.54, 1.807) is 0 Å². The van der Waals surface area contributed by atoms with Gasteiger partial charge in [-0.2, -0.15) is 0 Å². The fourth-order valence-electron chi connectivity index (χ4n) is 1.43. The first kappa shape index (κ1) is 9.33. The highest BCUT2D eigenvalue weighted by molar-refractivity contribution is 7.15. The molecular weight excluding hydrogens is 202 g/mol. The number of hydrogen-bond acceptors (Lipinski definition) is 5. The van der Waals surface area contributed by atoms with Gasteiger partial charge in [0.15, 0.2) is 5.75 Å². The molecule has 1 aliphatic rings. The zero-order valence-corrected chi connectivity index (χ0v) is 8.86. The monoisotopic (exact) mass is 213 g/mol. The fourth-order valence-corrected chi connectivity index (χ4v) is 2.42. The molecule has 0 fully saturated rings. The van der Waals surface area contributed by atoms with Crippen molar-refractivity contribution in [1.82, 2.24) is 0 Å². The summed E-state index contributed by atoms with van der Waals surface area (Å²) >= 11 is 1.40. The Bertz CT molecular complexity index is 372. The van der Waals surface area contributed by atoms with Crippen LogP contribution in [0, 0.1) is 6.92 Å². The molecule has 0 amide bonds. The van der Waals surface area contributed by atoms with E-state index in [-0.39, 0.29) is 5.97 Å². The van der Waals surface area contributed by atoms with E-state index in [0.717, 1.165) is 22.9 Å². The van der Waals surface area contributed by atoms with Gasteiger partial charge in [0.2, 0.25) is 0 Å². The first-order chi connectivity index (χ1) is 6.74. The van der Waals surface area contributed by atoms with Crippen molar-refractivity contribution >= 4 is 23.0 Å². The molecule has 0 radical (unpaired) electrons. The van der Waals surface area contributed by atoms with Crippen LogP contribution in [0.3, 0.4) is 0 Å². The summed E-state index contributed by atoms with van der Waals surface area (Å²) in [5.41, 5.74) is 0.783. The van der Waals surface area contributed by atoms with Crippen molar-refractivity contribution in [2.24, 2.45) is 0 Å². The lowest BCUT2D eigenvalue weighted by atomic mass is 10.3. The number of rotatable bonds is 1. The van der Waals surface area contributed by atoms with Crippen molar-refractivity contribution in [3.8, 4) is 5.75 Å². The Morgan fingerprint density at radius 1 is 1.64 bits per heavy atom. The second-order valence-electron chi connectivity index (χ2n) is 2.96. The molecule has 1 N–H and O–H groups in total. The van der Waals surface area contributed by atoms with E-state index in [1.807, 2.05) is 6.92 Å². The predicted molar refractivity (Wildman–Crippen MR) is 54.4 cm³/mol. The molecular formula is C9H11NO3S. The summed E-state index contributed by atoms with van der Waals surface area (Å²) in [6, 6.07) is 0. The first-order valence-electron chi connectivity index (χ1n) is 4.32. The average molecular weight is 213 g/mol. The lowest BCUT2D eigenvalue weighted by Gasteiger charge is -2.16. The molecule has 2 heterocycles. The number of hydrogen-bond donors (Lipinski definition) is 1. The number of carbonyl (C=O) groups excluding carboxylic acids is 1. The number of fused-ring (bicyclic) bond motifs is 1. The van der Waals surface area contributed by atoms with Gasteiger partial charge in [0.25, 0.3) is 0 Å². The maximum absolute atomic E-state index is 11.4. The predicted octanol–water partition coefficient (Wildman–Crippen LogP) is 1.65. The number of ether oxygens (including phenoxy) is 2. The highest BCUT2D eigenvalue weighted by atomic mass is 32.1. The SMILES string of the molecule is COC(=O)c1sc(C)c2c1NCCO2. The Labute approximate surface area is 85.8 Å². The summed E-state index contributed by atoms with van der Waals surface area (Å²) < 4.78 is 10.2. The summed E-state index contributed by atoms with van der Waals surface area (Å²) in [4.78, 5) is 13.0. The van der Waals surface area contributed by atoms with Gasteiger partial charge in [0.1, 0.15) is 17.2 Å². The molecule has 1 aromatic heterocycles. The number of anilines is 1. The van der Waals surface area contributed by atoms with Crippen LogP contribution in [-0.4, -0.2) is 26.2 Å². The normalized spacial score (nSPS) is 13.9. The Balaban J connectivity index is 2.46. The Morgan fingerprint density at radius 3 is 3.14 bits per heavy atom. The minimum absolute atomic E-state index is 0.308. The van der Waals surface area contributed by atoms with Crippen LogP contribution in [0.25, 0.3) is 0 Å². The lowest BCUT2D eigenvalue weighted by Crippen LogP contribution is -2.18. The molecule has 0 unspecified atom stereocenters. The average Bonchev–Trinajstić information content (AvgIpc) is 2.56. The van der Waals surface area contributed by atoms with E-state index in [9.17, 15) is 4.79 Å². The lowest BCUT2D eigenvalue weighted by molar-refractivity contribution is 0.0607. The van der Waals surface area contributed by atoms with Gasteiger partial charge in [-0.1, -0.05) is 0 Å². The van der Waals surface area contributed by atoms with Gasteiger partial charge in [0.05, 0.1) is 7.11 Å². The van der Waals surface area contributed by atoms with E-state index >= 15 is 0 Å². The molecule has 0 spiro atoms. The number of methoxy groups -OCH3 is 1. The maximum Gasteiger partial charge on any atom is 0.350 e. The maximum atomic E-state index is 11.4. The molecule has 0 saturated heterocycles. The quantitative estimate of drug-likeness (QED) is 0.720. The van der Waals surface area contributed by atoms with E-state index in [4.69, 9.17) is 9.47 Å². The minimum atomic E-state index is -0.308. The molecule has 1 aromatic rings. The first-order valence-corrected chi connectivity index (χ1v) is 5.14. The molecule has 0 saturated carbocycles. The zero-order valence-electron chi connectivity index (χ0n) is 8.05. The second kappa shape index (κ2) is 3.49. The van der Waals surface area contributed by atoms with Gasteiger partial charge >= 0.3 is 5.97 Å². The molecule has 0 aliphatic carbocycles. The van der Waals surface area contributed by atoms with E-state index in [2.05, 4.69) is 5.32 Å². The van der Waals surface area contributed by atoms with Crippen molar-refractivity contribution in [2.75, 3.05) is 25.6 Å². The molecule has 4 nitrogen and oxygen atoms in total. The summed E-state index contributed by atoms with van der Waals surface area (Å²) in [6.07, 6.45) is 0. The van der Waals surface area contributed by atoms with Crippen LogP contribution >= 0.6 is 11.3 Å². The van der Waals surface area contributed by atoms with Gasteiger partial charge in [-0.3, -0.25) is 0 Å². The van der Waals surface area contributed by atoms with E-state index in [1.165, 1.54) is 18.4 Å². The van der Waals surface area contributed by atoms with Crippen molar-refractivity contribution < 1.29 is 14.3 Å².